The topological polar surface area (TPSA) is 88.5 Å². The molecule has 0 unspecified atom stereocenters. The lowest BCUT2D eigenvalue weighted by Crippen LogP contribution is -2.31. The summed E-state index contributed by atoms with van der Waals surface area (Å²) in [5.41, 5.74) is 2.40. The lowest BCUT2D eigenvalue weighted by molar-refractivity contribution is -0.137. The third kappa shape index (κ3) is 5.19. The van der Waals surface area contributed by atoms with Gasteiger partial charge in [-0.05, 0) is 48.4 Å². The van der Waals surface area contributed by atoms with E-state index < -0.39 is 23.7 Å². The van der Waals surface area contributed by atoms with Gasteiger partial charge in [0.25, 0.3) is 5.91 Å². The summed E-state index contributed by atoms with van der Waals surface area (Å²) in [6.07, 6.45) is -0.285. The van der Waals surface area contributed by atoms with Crippen molar-refractivity contribution in [2.75, 3.05) is 7.11 Å². The van der Waals surface area contributed by atoms with E-state index in [1.165, 1.54) is 31.4 Å². The number of pyridine rings is 1. The summed E-state index contributed by atoms with van der Waals surface area (Å²) in [5.74, 6) is -1.79. The number of carbonyl (C=O) groups is 2. The number of nitrogens with zero attached hydrogens (tertiary/aromatic N) is 1. The Morgan fingerprint density at radius 1 is 1.19 bits per heavy atom. The van der Waals surface area contributed by atoms with Gasteiger partial charge in [-0.2, -0.15) is 0 Å². The van der Waals surface area contributed by atoms with E-state index in [1.54, 1.807) is 18.2 Å². The van der Waals surface area contributed by atoms with Crippen LogP contribution in [0.5, 0.6) is 5.75 Å². The first-order chi connectivity index (χ1) is 14.8. The van der Waals surface area contributed by atoms with Crippen LogP contribution in [-0.4, -0.2) is 29.1 Å². The Hall–Kier alpha value is -3.45. The van der Waals surface area contributed by atoms with Gasteiger partial charge in [0.2, 0.25) is 0 Å². The summed E-state index contributed by atoms with van der Waals surface area (Å²) >= 11 is 5.88. The van der Waals surface area contributed by atoms with Gasteiger partial charge in [-0.3, -0.25) is 9.59 Å². The lowest BCUT2D eigenvalue weighted by atomic mass is 9.98. The van der Waals surface area contributed by atoms with Crippen molar-refractivity contribution in [1.29, 1.82) is 0 Å². The summed E-state index contributed by atoms with van der Waals surface area (Å²) in [6, 6.07) is 13.6. The molecule has 2 N–H and O–H groups in total. The highest BCUT2D eigenvalue weighted by atomic mass is 35.5. The highest BCUT2D eigenvalue weighted by Gasteiger charge is 2.22. The van der Waals surface area contributed by atoms with Crippen molar-refractivity contribution in [3.05, 3.63) is 82.3 Å². The first kappa shape index (κ1) is 22.2. The second-order valence-corrected chi connectivity index (χ2v) is 7.26. The molecule has 31 heavy (non-hydrogen) atoms. The van der Waals surface area contributed by atoms with Crippen LogP contribution in [0.15, 0.2) is 54.6 Å². The van der Waals surface area contributed by atoms with Gasteiger partial charge in [-0.25, -0.2) is 9.37 Å². The van der Waals surface area contributed by atoms with Crippen molar-refractivity contribution in [1.82, 2.24) is 10.3 Å². The predicted molar refractivity (Wildman–Crippen MR) is 115 cm³/mol. The summed E-state index contributed by atoms with van der Waals surface area (Å²) in [6.45, 7) is 1.85. The van der Waals surface area contributed by atoms with Crippen LogP contribution in [0.2, 0.25) is 5.02 Å². The molecule has 0 aliphatic rings. The van der Waals surface area contributed by atoms with Crippen LogP contribution >= 0.6 is 11.6 Å². The van der Waals surface area contributed by atoms with Gasteiger partial charge in [0.1, 0.15) is 23.0 Å². The molecule has 0 aliphatic heterocycles. The van der Waals surface area contributed by atoms with Crippen LogP contribution in [-0.2, 0) is 4.79 Å². The van der Waals surface area contributed by atoms with Crippen LogP contribution in [0.1, 0.15) is 34.1 Å². The minimum Gasteiger partial charge on any atom is -0.494 e. The van der Waals surface area contributed by atoms with Gasteiger partial charge in [0.15, 0.2) is 0 Å². The SMILES string of the molecule is COc1ccc(C(=O)N[C@@H](CC(=O)O)c2ccccc2C)nc1-c1ccc(F)c(Cl)c1. The van der Waals surface area contributed by atoms with Crippen molar-refractivity contribution in [2.24, 2.45) is 0 Å². The molecule has 1 atom stereocenters. The van der Waals surface area contributed by atoms with E-state index in [0.717, 1.165) is 5.56 Å². The Balaban J connectivity index is 1.95. The molecular weight excluding hydrogens is 423 g/mol. The number of hydrogen-bond acceptors (Lipinski definition) is 4. The molecule has 0 fully saturated rings. The second-order valence-electron chi connectivity index (χ2n) is 6.86. The van der Waals surface area contributed by atoms with Crippen molar-refractivity contribution >= 4 is 23.5 Å². The summed E-state index contributed by atoms with van der Waals surface area (Å²) in [5, 5.41) is 12.0. The third-order valence-electron chi connectivity index (χ3n) is 4.75. The second kappa shape index (κ2) is 9.57. The Morgan fingerprint density at radius 2 is 1.94 bits per heavy atom. The normalized spacial score (nSPS) is 11.6. The predicted octanol–water partition coefficient (Wildman–Crippen LogP) is 4.80. The molecule has 0 saturated heterocycles. The van der Waals surface area contributed by atoms with Gasteiger partial charge in [-0.15, -0.1) is 0 Å². The maximum atomic E-state index is 13.6. The molecule has 8 heteroatoms. The van der Waals surface area contributed by atoms with Crippen molar-refractivity contribution in [3.63, 3.8) is 0 Å². The number of amides is 1. The number of hydrogen-bond donors (Lipinski definition) is 2. The minimum atomic E-state index is -1.04. The molecular formula is C23H20ClFN2O4. The fourth-order valence-corrected chi connectivity index (χ4v) is 3.39. The standard InChI is InChI=1S/C23H20ClFN2O4/c1-13-5-3-4-6-15(13)19(12-21(28)29)27-23(30)18-9-10-20(31-2)22(26-18)14-7-8-17(25)16(24)11-14/h3-11,19H,12H2,1-2H3,(H,27,30)(H,28,29)/t19-/m0/s1. The summed E-state index contributed by atoms with van der Waals surface area (Å²) < 4.78 is 18.9. The molecule has 0 spiro atoms. The largest absolute Gasteiger partial charge is 0.494 e. The van der Waals surface area contributed by atoms with E-state index in [4.69, 9.17) is 16.3 Å². The number of carbonyl (C=O) groups excluding carboxylic acids is 1. The van der Waals surface area contributed by atoms with Crippen molar-refractivity contribution in [3.8, 4) is 17.0 Å². The zero-order chi connectivity index (χ0) is 22.5. The quantitative estimate of drug-likeness (QED) is 0.548. The third-order valence-corrected chi connectivity index (χ3v) is 5.04. The number of methoxy groups -OCH3 is 1. The molecule has 3 rings (SSSR count). The average Bonchev–Trinajstić information content (AvgIpc) is 2.74. The highest BCUT2D eigenvalue weighted by Crippen LogP contribution is 2.31. The van der Waals surface area contributed by atoms with Crippen LogP contribution in [0.25, 0.3) is 11.3 Å². The van der Waals surface area contributed by atoms with E-state index in [1.807, 2.05) is 19.1 Å². The molecule has 0 bridgehead atoms. The lowest BCUT2D eigenvalue weighted by Gasteiger charge is -2.19. The number of halogens is 2. The summed E-state index contributed by atoms with van der Waals surface area (Å²) in [7, 11) is 1.45. The van der Waals surface area contributed by atoms with E-state index in [0.29, 0.717) is 22.6 Å². The Morgan fingerprint density at radius 3 is 2.58 bits per heavy atom. The number of aryl methyl sites for hydroxylation is 1. The Bertz CT molecular complexity index is 1140. The minimum absolute atomic E-state index is 0.0558. The van der Waals surface area contributed by atoms with E-state index in [-0.39, 0.29) is 17.1 Å². The van der Waals surface area contributed by atoms with E-state index in [9.17, 15) is 19.1 Å². The molecule has 0 aliphatic carbocycles. The van der Waals surface area contributed by atoms with Crippen molar-refractivity contribution in [2.45, 2.75) is 19.4 Å². The number of nitrogens with one attached hydrogen (secondary N) is 1. The number of aliphatic carboxylic acids is 1. The smallest absolute Gasteiger partial charge is 0.305 e. The van der Waals surface area contributed by atoms with Gasteiger partial charge < -0.3 is 15.2 Å². The Kier molecular flexibility index (Phi) is 6.87. The first-order valence-corrected chi connectivity index (χ1v) is 9.76. The van der Waals surface area contributed by atoms with Crippen LogP contribution < -0.4 is 10.1 Å². The maximum Gasteiger partial charge on any atom is 0.305 e. The molecule has 0 radical (unpaired) electrons. The zero-order valence-corrected chi connectivity index (χ0v) is 17.6. The van der Waals surface area contributed by atoms with Gasteiger partial charge in [-0.1, -0.05) is 35.9 Å². The van der Waals surface area contributed by atoms with Gasteiger partial charge in [0.05, 0.1) is 24.6 Å². The fourth-order valence-electron chi connectivity index (χ4n) is 3.21. The monoisotopic (exact) mass is 442 g/mol. The number of ether oxygens (including phenoxy) is 1. The summed E-state index contributed by atoms with van der Waals surface area (Å²) in [4.78, 5) is 28.7. The van der Waals surface area contributed by atoms with E-state index in [2.05, 4.69) is 10.3 Å². The number of aromatic nitrogens is 1. The molecule has 2 aromatic carbocycles. The van der Waals surface area contributed by atoms with Gasteiger partial charge in [0, 0.05) is 5.56 Å². The molecule has 3 aromatic rings. The number of carboxylic acid groups (broad SMARTS) is 1. The average molecular weight is 443 g/mol. The Labute approximate surface area is 183 Å². The molecule has 1 aromatic heterocycles. The number of carboxylic acids is 1. The highest BCUT2D eigenvalue weighted by molar-refractivity contribution is 6.31. The number of benzene rings is 2. The zero-order valence-electron chi connectivity index (χ0n) is 16.9. The van der Waals surface area contributed by atoms with E-state index >= 15 is 0 Å². The molecule has 6 nitrogen and oxygen atoms in total. The maximum absolute atomic E-state index is 13.6. The number of rotatable bonds is 7. The van der Waals surface area contributed by atoms with Crippen LogP contribution in [0.4, 0.5) is 4.39 Å². The molecule has 160 valence electrons. The molecule has 1 heterocycles. The van der Waals surface area contributed by atoms with Crippen molar-refractivity contribution < 1.29 is 23.8 Å². The van der Waals surface area contributed by atoms with Gasteiger partial charge >= 0.3 is 5.97 Å². The fraction of sp³-hybridized carbons (Fsp3) is 0.174. The molecule has 0 saturated carbocycles. The molecule has 1 amide bonds. The van der Waals surface area contributed by atoms with Crippen LogP contribution in [0.3, 0.4) is 0 Å². The first-order valence-electron chi connectivity index (χ1n) is 9.38. The van der Waals surface area contributed by atoms with Crippen LogP contribution in [0, 0.1) is 12.7 Å².